The van der Waals surface area contributed by atoms with Gasteiger partial charge < -0.3 is 9.80 Å². The fourth-order valence-electron chi connectivity index (χ4n) is 5.07. The number of piperazine rings is 1. The van der Waals surface area contributed by atoms with Crippen LogP contribution in [0.5, 0.6) is 0 Å². The Bertz CT molecular complexity index is 814. The molecule has 4 heterocycles. The van der Waals surface area contributed by atoms with Crippen LogP contribution in [0.3, 0.4) is 0 Å². The van der Waals surface area contributed by atoms with Gasteiger partial charge in [0.2, 0.25) is 0 Å². The average molecular weight is 376 g/mol. The van der Waals surface area contributed by atoms with Gasteiger partial charge in [0.25, 0.3) is 0 Å². The summed E-state index contributed by atoms with van der Waals surface area (Å²) in [4.78, 5) is 19.1. The molecule has 28 heavy (non-hydrogen) atoms. The van der Waals surface area contributed by atoms with Gasteiger partial charge >= 0.3 is 0 Å². The number of dihydropyridines is 2. The lowest BCUT2D eigenvalue weighted by atomic mass is 9.79. The van der Waals surface area contributed by atoms with Crippen LogP contribution in [0.2, 0.25) is 0 Å². The van der Waals surface area contributed by atoms with E-state index in [1.54, 1.807) is 0 Å². The summed E-state index contributed by atoms with van der Waals surface area (Å²) in [5, 5.41) is 0. The van der Waals surface area contributed by atoms with Gasteiger partial charge in [0.15, 0.2) is 0 Å². The van der Waals surface area contributed by atoms with Crippen molar-refractivity contribution in [3.8, 4) is 0 Å². The quantitative estimate of drug-likeness (QED) is 0.759. The van der Waals surface area contributed by atoms with Crippen LogP contribution in [0.15, 0.2) is 61.9 Å². The van der Waals surface area contributed by atoms with Crippen LogP contribution < -0.4 is 0 Å². The molecule has 146 valence electrons. The highest BCUT2D eigenvalue weighted by molar-refractivity contribution is 5.73. The molecule has 0 spiro atoms. The zero-order chi connectivity index (χ0) is 18.8. The van der Waals surface area contributed by atoms with Crippen LogP contribution in [0.4, 0.5) is 0 Å². The van der Waals surface area contributed by atoms with E-state index in [-0.39, 0.29) is 6.04 Å². The minimum atomic E-state index is 0.254. The highest BCUT2D eigenvalue weighted by Crippen LogP contribution is 2.38. The second-order valence-corrected chi connectivity index (χ2v) is 8.08. The molecule has 0 amide bonds. The van der Waals surface area contributed by atoms with Gasteiger partial charge in [0, 0.05) is 81.5 Å². The fourth-order valence-corrected chi connectivity index (χ4v) is 5.07. The maximum atomic E-state index is 5.01. The normalized spacial score (nSPS) is 29.7. The molecule has 5 heteroatoms. The molecule has 0 bridgehead atoms. The van der Waals surface area contributed by atoms with E-state index in [4.69, 9.17) is 4.99 Å². The van der Waals surface area contributed by atoms with Crippen molar-refractivity contribution in [2.45, 2.75) is 38.1 Å². The summed E-state index contributed by atoms with van der Waals surface area (Å²) in [7, 11) is 0. The van der Waals surface area contributed by atoms with E-state index in [9.17, 15) is 0 Å². The molecule has 5 nitrogen and oxygen atoms in total. The number of hydrogen-bond donors (Lipinski definition) is 0. The molecule has 2 atom stereocenters. The molecule has 1 aliphatic carbocycles. The molecule has 1 fully saturated rings. The van der Waals surface area contributed by atoms with E-state index in [1.165, 1.54) is 22.7 Å². The molecule has 0 aromatic heterocycles. The van der Waals surface area contributed by atoms with Crippen molar-refractivity contribution in [1.29, 1.82) is 0 Å². The van der Waals surface area contributed by atoms with E-state index in [0.29, 0.717) is 5.92 Å². The van der Waals surface area contributed by atoms with Crippen molar-refractivity contribution in [2.24, 2.45) is 20.9 Å². The Morgan fingerprint density at radius 3 is 2.75 bits per heavy atom. The highest BCUT2D eigenvalue weighted by Gasteiger charge is 2.34. The third kappa shape index (κ3) is 3.38. The van der Waals surface area contributed by atoms with Crippen LogP contribution in [0.1, 0.15) is 32.1 Å². The lowest BCUT2D eigenvalue weighted by molar-refractivity contribution is 0.176. The first-order valence-corrected chi connectivity index (χ1v) is 10.7. The standard InChI is InChI=1S/C23H29N5/c1-4-20(19-5-2-10-25-21(19)6-1)23-22(7-3-11-26-23)28-16-14-27(15-17-28)18-8-12-24-13-9-18/h1,6-8,10-12,20,23H,2-5,9,13-17H2. The number of rotatable bonds is 3. The monoisotopic (exact) mass is 375 g/mol. The van der Waals surface area contributed by atoms with E-state index >= 15 is 0 Å². The Morgan fingerprint density at radius 1 is 1.00 bits per heavy atom. The molecular weight excluding hydrogens is 346 g/mol. The van der Waals surface area contributed by atoms with Crippen molar-refractivity contribution < 1.29 is 0 Å². The zero-order valence-electron chi connectivity index (χ0n) is 16.5. The van der Waals surface area contributed by atoms with Crippen LogP contribution in [0, 0.1) is 5.92 Å². The minimum Gasteiger partial charge on any atom is -0.371 e. The molecule has 1 saturated heterocycles. The summed E-state index contributed by atoms with van der Waals surface area (Å²) in [6.07, 6.45) is 20.6. The van der Waals surface area contributed by atoms with E-state index in [0.717, 1.165) is 64.8 Å². The van der Waals surface area contributed by atoms with Gasteiger partial charge in [-0.2, -0.15) is 0 Å². The largest absolute Gasteiger partial charge is 0.371 e. The topological polar surface area (TPSA) is 43.6 Å². The van der Waals surface area contributed by atoms with Crippen molar-refractivity contribution >= 4 is 18.6 Å². The summed E-state index contributed by atoms with van der Waals surface area (Å²) < 4.78 is 0. The second-order valence-electron chi connectivity index (χ2n) is 8.08. The van der Waals surface area contributed by atoms with Gasteiger partial charge in [-0.05, 0) is 37.0 Å². The van der Waals surface area contributed by atoms with Crippen LogP contribution >= 0.6 is 0 Å². The third-order valence-corrected chi connectivity index (χ3v) is 6.52. The Morgan fingerprint density at radius 2 is 1.89 bits per heavy atom. The molecule has 0 radical (unpaired) electrons. The molecule has 0 aromatic rings. The summed E-state index contributed by atoms with van der Waals surface area (Å²) in [5.41, 5.74) is 5.61. The molecule has 0 N–H and O–H groups in total. The second kappa shape index (κ2) is 7.90. The molecule has 5 rings (SSSR count). The van der Waals surface area contributed by atoms with Crippen molar-refractivity contribution in [3.63, 3.8) is 0 Å². The number of hydrogen-bond acceptors (Lipinski definition) is 5. The summed E-state index contributed by atoms with van der Waals surface area (Å²) in [6, 6.07) is 0.254. The Labute approximate surface area is 167 Å². The molecular formula is C23H29N5. The summed E-state index contributed by atoms with van der Waals surface area (Å²) in [5.74, 6) is 0.468. The minimum absolute atomic E-state index is 0.254. The molecule has 2 unspecified atom stereocenters. The zero-order valence-corrected chi connectivity index (χ0v) is 16.5. The van der Waals surface area contributed by atoms with Crippen molar-refractivity contribution in [3.05, 3.63) is 47.0 Å². The lowest BCUT2D eigenvalue weighted by Gasteiger charge is -2.43. The molecule has 5 aliphatic rings. The first-order valence-electron chi connectivity index (χ1n) is 10.7. The highest BCUT2D eigenvalue weighted by atomic mass is 15.3. The molecule has 4 aliphatic heterocycles. The van der Waals surface area contributed by atoms with Gasteiger partial charge in [-0.3, -0.25) is 15.0 Å². The Balaban J connectivity index is 1.31. The average Bonchev–Trinajstić information content (AvgIpc) is 2.79. The lowest BCUT2D eigenvalue weighted by Crippen LogP contribution is -2.48. The Kier molecular flexibility index (Phi) is 4.98. The fraction of sp³-hybridized carbons (Fsp3) is 0.522. The van der Waals surface area contributed by atoms with Crippen LogP contribution in [0.25, 0.3) is 0 Å². The smallest absolute Gasteiger partial charge is 0.0958 e. The first-order chi connectivity index (χ1) is 13.9. The van der Waals surface area contributed by atoms with Crippen molar-refractivity contribution in [2.75, 3.05) is 32.7 Å². The summed E-state index contributed by atoms with van der Waals surface area (Å²) >= 11 is 0. The maximum Gasteiger partial charge on any atom is 0.0958 e. The van der Waals surface area contributed by atoms with Gasteiger partial charge in [0.1, 0.15) is 0 Å². The SMILES string of the molecule is C1=CC2=C(CCC=N2)C(C2N=CCC=C2N2CCN(C3=CC=NCC3)CC2)C1. The third-order valence-electron chi connectivity index (χ3n) is 6.52. The first kappa shape index (κ1) is 17.7. The van der Waals surface area contributed by atoms with Gasteiger partial charge in [-0.15, -0.1) is 0 Å². The van der Waals surface area contributed by atoms with Gasteiger partial charge in [-0.25, -0.2) is 0 Å². The maximum absolute atomic E-state index is 5.01. The van der Waals surface area contributed by atoms with Gasteiger partial charge in [-0.1, -0.05) is 12.2 Å². The molecule has 0 aromatic carbocycles. The Hall–Kier alpha value is -2.43. The number of nitrogens with zero attached hydrogens (tertiary/aromatic N) is 5. The van der Waals surface area contributed by atoms with Crippen molar-refractivity contribution in [1.82, 2.24) is 9.80 Å². The predicted octanol–water partition coefficient (Wildman–Crippen LogP) is 3.38. The van der Waals surface area contributed by atoms with Crippen LogP contribution in [-0.4, -0.2) is 67.2 Å². The van der Waals surface area contributed by atoms with Crippen LogP contribution in [-0.2, 0) is 0 Å². The van der Waals surface area contributed by atoms with E-state index < -0.39 is 0 Å². The predicted molar refractivity (Wildman–Crippen MR) is 116 cm³/mol. The van der Waals surface area contributed by atoms with Gasteiger partial charge in [0.05, 0.1) is 11.7 Å². The summed E-state index contributed by atoms with van der Waals surface area (Å²) in [6.45, 7) is 5.29. The van der Waals surface area contributed by atoms with E-state index in [1.807, 2.05) is 6.21 Å². The number of aliphatic imine (C=N–C) groups is 3. The molecule has 0 saturated carbocycles. The van der Waals surface area contributed by atoms with E-state index in [2.05, 4.69) is 56.5 Å². The number of allylic oxidation sites excluding steroid dienone is 4.